The molecule has 0 aliphatic heterocycles. The molecule has 1 aromatic rings. The average molecular weight is 358 g/mol. The Labute approximate surface area is 146 Å². The Bertz CT molecular complexity index is 366. The van der Waals surface area contributed by atoms with E-state index in [1.807, 2.05) is 6.07 Å². The molecular formula is C17H31NiO4. The number of phenolic OH excluding ortho intramolecular Hbond substituents is 1. The molecule has 0 aliphatic rings. The van der Waals surface area contributed by atoms with Crippen LogP contribution in [0.15, 0.2) is 18.2 Å². The molecule has 0 saturated carbocycles. The fourth-order valence-corrected chi connectivity index (χ4v) is 1.60. The topological polar surface area (TPSA) is 89.4 Å². The van der Waals surface area contributed by atoms with Gasteiger partial charge in [0.25, 0.3) is 0 Å². The zero-order chi connectivity index (χ0) is 17.9. The fourth-order valence-electron chi connectivity index (χ4n) is 1.60. The minimum atomic E-state index is -0.00859. The summed E-state index contributed by atoms with van der Waals surface area (Å²) in [4.78, 5) is 0. The molecule has 0 bridgehead atoms. The summed E-state index contributed by atoms with van der Waals surface area (Å²) >= 11 is 0. The zero-order valence-corrected chi connectivity index (χ0v) is 16.2. The monoisotopic (exact) mass is 357 g/mol. The number of hydrogen-bond acceptors (Lipinski definition) is 4. The van der Waals surface area contributed by atoms with Gasteiger partial charge in [-0.2, -0.15) is 21.3 Å². The third kappa shape index (κ3) is 11.0. The van der Waals surface area contributed by atoms with Crippen LogP contribution in [-0.4, -0.2) is 26.4 Å². The minimum Gasteiger partial charge on any atom is -0.857 e. The van der Waals surface area contributed by atoms with Crippen molar-refractivity contribution >= 4 is 0 Å². The summed E-state index contributed by atoms with van der Waals surface area (Å²) in [5.74, 6) is 0.399. The SMILES string of the molecule is CC(C)(C)c1ccc(O)c(C(C)(C)C)c1.C[O-].C[O-].C[O-].[Ni+3]. The van der Waals surface area contributed by atoms with E-state index in [2.05, 4.69) is 47.6 Å². The van der Waals surface area contributed by atoms with Crippen molar-refractivity contribution in [3.8, 4) is 5.75 Å². The Morgan fingerprint density at radius 3 is 1.36 bits per heavy atom. The van der Waals surface area contributed by atoms with Crippen LogP contribution in [0.4, 0.5) is 0 Å². The van der Waals surface area contributed by atoms with Gasteiger partial charge in [0.1, 0.15) is 5.75 Å². The van der Waals surface area contributed by atoms with Crippen LogP contribution in [0.5, 0.6) is 5.75 Å². The molecule has 1 N–H and O–H groups in total. The molecule has 0 unspecified atom stereocenters. The van der Waals surface area contributed by atoms with E-state index in [-0.39, 0.29) is 27.3 Å². The van der Waals surface area contributed by atoms with Crippen molar-refractivity contribution in [2.45, 2.75) is 52.4 Å². The summed E-state index contributed by atoms with van der Waals surface area (Å²) in [5, 5.41) is 34.6. The summed E-state index contributed by atoms with van der Waals surface area (Å²) in [6.45, 7) is 12.9. The van der Waals surface area contributed by atoms with Crippen molar-refractivity contribution in [1.29, 1.82) is 0 Å². The van der Waals surface area contributed by atoms with Gasteiger partial charge in [0.05, 0.1) is 0 Å². The molecule has 1 rings (SSSR count). The third-order valence-corrected chi connectivity index (χ3v) is 2.67. The summed E-state index contributed by atoms with van der Waals surface area (Å²) < 4.78 is 0. The first-order valence-electron chi connectivity index (χ1n) is 6.69. The molecule has 1 aromatic carbocycles. The maximum atomic E-state index is 9.84. The van der Waals surface area contributed by atoms with E-state index in [1.54, 1.807) is 6.07 Å². The van der Waals surface area contributed by atoms with Gasteiger partial charge < -0.3 is 20.4 Å². The van der Waals surface area contributed by atoms with Crippen LogP contribution >= 0.6 is 0 Å². The molecule has 0 amide bonds. The standard InChI is InChI=1S/C14H22O.3CH3O.Ni/c1-13(2,3)10-7-8-12(15)11(9-10)14(4,5)6;3*1-2;/h7-9,15H,1-6H3;3*1H3;/q;3*-1;+3. The molecule has 22 heavy (non-hydrogen) atoms. The second-order valence-corrected chi connectivity index (χ2v) is 6.23. The van der Waals surface area contributed by atoms with E-state index in [9.17, 15) is 5.11 Å². The predicted molar refractivity (Wildman–Crippen MR) is 83.3 cm³/mol. The van der Waals surface area contributed by atoms with E-state index in [1.165, 1.54) is 5.56 Å². The van der Waals surface area contributed by atoms with Crippen LogP contribution in [-0.2, 0) is 27.3 Å². The second-order valence-electron chi connectivity index (χ2n) is 6.23. The first-order chi connectivity index (χ1) is 9.62. The van der Waals surface area contributed by atoms with Crippen molar-refractivity contribution in [2.24, 2.45) is 0 Å². The molecule has 5 heteroatoms. The molecule has 133 valence electrons. The summed E-state index contributed by atoms with van der Waals surface area (Å²) in [6.07, 6.45) is 0. The normalized spacial score (nSPS) is 9.64. The number of hydrogen-bond donors (Lipinski definition) is 1. The predicted octanol–water partition coefficient (Wildman–Crippen LogP) is 0.914. The average Bonchev–Trinajstić information content (AvgIpc) is 2.43. The number of benzene rings is 1. The second kappa shape index (κ2) is 14.0. The molecule has 0 spiro atoms. The van der Waals surface area contributed by atoms with E-state index in [4.69, 9.17) is 15.3 Å². The van der Waals surface area contributed by atoms with Gasteiger partial charge in [-0.3, -0.25) is 0 Å². The van der Waals surface area contributed by atoms with Gasteiger partial charge in [-0.25, -0.2) is 0 Å². The van der Waals surface area contributed by atoms with Gasteiger partial charge in [0.15, 0.2) is 0 Å². The van der Waals surface area contributed by atoms with Crippen LogP contribution in [0, 0.1) is 0 Å². The van der Waals surface area contributed by atoms with Crippen LogP contribution in [0.25, 0.3) is 0 Å². The first-order valence-corrected chi connectivity index (χ1v) is 6.69. The first kappa shape index (κ1) is 29.4. The molecule has 4 nitrogen and oxygen atoms in total. The van der Waals surface area contributed by atoms with Crippen LogP contribution in [0.2, 0.25) is 0 Å². The minimum absolute atomic E-state index is 0. The zero-order valence-electron chi connectivity index (χ0n) is 15.2. The van der Waals surface area contributed by atoms with E-state index in [0.29, 0.717) is 5.75 Å². The van der Waals surface area contributed by atoms with Crippen LogP contribution in [0.3, 0.4) is 0 Å². The molecule has 0 heterocycles. The van der Waals surface area contributed by atoms with Crippen molar-refractivity contribution in [3.05, 3.63) is 29.3 Å². The Kier molecular flexibility index (Phi) is 18.7. The van der Waals surface area contributed by atoms with Gasteiger partial charge in [-0.1, -0.05) is 53.7 Å². The van der Waals surface area contributed by atoms with Crippen LogP contribution < -0.4 is 15.3 Å². The van der Waals surface area contributed by atoms with E-state index in [0.717, 1.165) is 26.9 Å². The molecule has 0 aliphatic carbocycles. The van der Waals surface area contributed by atoms with Gasteiger partial charge in [0, 0.05) is 0 Å². The fraction of sp³-hybridized carbons (Fsp3) is 0.647. The van der Waals surface area contributed by atoms with Crippen LogP contribution in [0.1, 0.15) is 52.7 Å². The summed E-state index contributed by atoms with van der Waals surface area (Å²) in [7, 11) is 2.25. The van der Waals surface area contributed by atoms with E-state index < -0.39 is 0 Å². The molecule has 0 fully saturated rings. The van der Waals surface area contributed by atoms with E-state index >= 15 is 0 Å². The Morgan fingerprint density at radius 1 is 0.727 bits per heavy atom. The smallest absolute Gasteiger partial charge is 0.857 e. The van der Waals surface area contributed by atoms with Crippen molar-refractivity contribution in [3.63, 3.8) is 0 Å². The van der Waals surface area contributed by atoms with Gasteiger partial charge in [-0.15, -0.1) is 0 Å². The molecular weight excluding hydrogens is 327 g/mol. The van der Waals surface area contributed by atoms with Crippen molar-refractivity contribution in [2.75, 3.05) is 21.3 Å². The van der Waals surface area contributed by atoms with Crippen molar-refractivity contribution in [1.82, 2.24) is 0 Å². The molecule has 1 radical (unpaired) electrons. The largest absolute Gasteiger partial charge is 3.00 e. The number of rotatable bonds is 0. The maximum Gasteiger partial charge on any atom is 3.00 e. The Morgan fingerprint density at radius 2 is 1.09 bits per heavy atom. The maximum absolute atomic E-state index is 9.84. The van der Waals surface area contributed by atoms with Crippen molar-refractivity contribution < 1.29 is 36.9 Å². The summed E-state index contributed by atoms with van der Waals surface area (Å²) in [5.41, 5.74) is 2.42. The molecule has 0 atom stereocenters. The quantitative estimate of drug-likeness (QED) is 0.699. The molecule has 0 aromatic heterocycles. The number of phenols is 1. The Balaban J connectivity index is -0.000000206. The summed E-state index contributed by atoms with van der Waals surface area (Å²) in [6, 6.07) is 5.93. The van der Waals surface area contributed by atoms with Gasteiger partial charge in [-0.05, 0) is 28.0 Å². The third-order valence-electron chi connectivity index (χ3n) is 2.67. The number of aromatic hydroxyl groups is 1. The van der Waals surface area contributed by atoms with Gasteiger partial charge in [0.2, 0.25) is 0 Å². The Hall–Kier alpha value is -0.606. The molecule has 0 saturated heterocycles. The van der Waals surface area contributed by atoms with Gasteiger partial charge >= 0.3 is 16.5 Å².